The fraction of sp³-hybridized carbons (Fsp3) is 0.105. The van der Waals surface area contributed by atoms with Crippen LogP contribution in [0.3, 0.4) is 0 Å². The van der Waals surface area contributed by atoms with Gasteiger partial charge in [-0.15, -0.1) is 0 Å². The molecule has 1 N–H and O–H groups in total. The summed E-state index contributed by atoms with van der Waals surface area (Å²) in [6, 6.07) is 14.1. The van der Waals surface area contributed by atoms with Crippen molar-refractivity contribution in [2.45, 2.75) is 0 Å². The fourth-order valence-electron chi connectivity index (χ4n) is 2.97. The van der Waals surface area contributed by atoms with Crippen LogP contribution in [0.1, 0.15) is 10.5 Å². The summed E-state index contributed by atoms with van der Waals surface area (Å²) in [5, 5.41) is 9.73. The Labute approximate surface area is 148 Å². The Morgan fingerprint density at radius 1 is 1.04 bits per heavy atom. The molecule has 7 nitrogen and oxygen atoms in total. The third-order valence-corrected chi connectivity index (χ3v) is 4.18. The average molecular weight is 349 g/mol. The maximum atomic E-state index is 11.9. The number of aromatic nitrogens is 3. The molecule has 0 bridgehead atoms. The summed E-state index contributed by atoms with van der Waals surface area (Å²) in [5.41, 5.74) is 2.52. The number of nitrogens with zero attached hydrogens (tertiary/aromatic N) is 3. The lowest BCUT2D eigenvalue weighted by atomic mass is 10.1. The number of hydrogen-bond donors (Lipinski definition) is 1. The van der Waals surface area contributed by atoms with Gasteiger partial charge in [0.15, 0.2) is 0 Å². The first kappa shape index (κ1) is 15.9. The molecule has 4 aromatic rings. The maximum Gasteiger partial charge on any atom is 0.353 e. The second-order valence-corrected chi connectivity index (χ2v) is 5.63. The van der Waals surface area contributed by atoms with Gasteiger partial charge < -0.3 is 14.6 Å². The minimum atomic E-state index is -1.07. The second-order valence-electron chi connectivity index (χ2n) is 5.63. The highest BCUT2D eigenvalue weighted by Gasteiger charge is 2.19. The van der Waals surface area contributed by atoms with Crippen LogP contribution in [0.15, 0.2) is 48.5 Å². The summed E-state index contributed by atoms with van der Waals surface area (Å²) in [5.74, 6) is 0.428. The summed E-state index contributed by atoms with van der Waals surface area (Å²) in [4.78, 5) is 20.9. The van der Waals surface area contributed by atoms with Crippen LogP contribution >= 0.6 is 0 Å². The van der Waals surface area contributed by atoms with Gasteiger partial charge in [-0.2, -0.15) is 0 Å². The zero-order chi connectivity index (χ0) is 18.3. The first-order chi connectivity index (χ1) is 12.6. The van der Waals surface area contributed by atoms with Gasteiger partial charge in [0, 0.05) is 5.56 Å². The largest absolute Gasteiger partial charge is 0.497 e. The van der Waals surface area contributed by atoms with E-state index in [0.29, 0.717) is 39.6 Å². The maximum absolute atomic E-state index is 11.9. The van der Waals surface area contributed by atoms with Crippen molar-refractivity contribution in [2.24, 2.45) is 0 Å². The lowest BCUT2D eigenvalue weighted by molar-refractivity contribution is 0.0689. The SMILES string of the molecule is COc1ccc(OC)c(-c2cc(C(=O)O)n3c(n2)nc2ccccc23)c1. The zero-order valence-electron chi connectivity index (χ0n) is 14.1. The van der Waals surface area contributed by atoms with Gasteiger partial charge in [-0.3, -0.25) is 4.40 Å². The lowest BCUT2D eigenvalue weighted by Crippen LogP contribution is -2.07. The van der Waals surface area contributed by atoms with Crippen molar-refractivity contribution in [3.05, 3.63) is 54.2 Å². The standard InChI is InChI=1S/C19H15N3O4/c1-25-11-7-8-17(26-2)12(9-11)14-10-16(18(23)24)22-15-6-4-3-5-13(15)20-19(22)21-14/h3-10H,1-2H3,(H,23,24). The summed E-state index contributed by atoms with van der Waals surface area (Å²) in [6.07, 6.45) is 0. The number of carbonyl (C=O) groups is 1. The summed E-state index contributed by atoms with van der Waals surface area (Å²) >= 11 is 0. The van der Waals surface area contributed by atoms with Crippen LogP contribution in [-0.2, 0) is 0 Å². The smallest absolute Gasteiger partial charge is 0.353 e. The summed E-state index contributed by atoms with van der Waals surface area (Å²) in [7, 11) is 3.11. The molecule has 26 heavy (non-hydrogen) atoms. The molecule has 7 heteroatoms. The molecule has 0 fully saturated rings. The number of benzene rings is 2. The topological polar surface area (TPSA) is 86.0 Å². The van der Waals surface area contributed by atoms with Gasteiger partial charge in [-0.1, -0.05) is 12.1 Å². The minimum Gasteiger partial charge on any atom is -0.497 e. The number of ether oxygens (including phenoxy) is 2. The molecule has 0 unspecified atom stereocenters. The van der Waals surface area contributed by atoms with E-state index in [4.69, 9.17) is 9.47 Å². The number of para-hydroxylation sites is 2. The van der Waals surface area contributed by atoms with Gasteiger partial charge >= 0.3 is 5.97 Å². The number of rotatable bonds is 4. The highest BCUT2D eigenvalue weighted by Crippen LogP contribution is 2.33. The van der Waals surface area contributed by atoms with Crippen LogP contribution < -0.4 is 9.47 Å². The Bertz CT molecular complexity index is 1150. The molecule has 2 aromatic heterocycles. The van der Waals surface area contributed by atoms with Crippen molar-refractivity contribution < 1.29 is 19.4 Å². The third-order valence-electron chi connectivity index (χ3n) is 4.18. The molecule has 0 radical (unpaired) electrons. The van der Waals surface area contributed by atoms with E-state index in [9.17, 15) is 9.90 Å². The van der Waals surface area contributed by atoms with Crippen molar-refractivity contribution in [1.29, 1.82) is 0 Å². The minimum absolute atomic E-state index is 0.0728. The van der Waals surface area contributed by atoms with E-state index < -0.39 is 5.97 Å². The first-order valence-corrected chi connectivity index (χ1v) is 7.86. The molecule has 4 rings (SSSR count). The highest BCUT2D eigenvalue weighted by atomic mass is 16.5. The molecular formula is C19H15N3O4. The van der Waals surface area contributed by atoms with Gasteiger partial charge in [0.05, 0.1) is 30.9 Å². The quantitative estimate of drug-likeness (QED) is 0.609. The van der Waals surface area contributed by atoms with Gasteiger partial charge in [0.2, 0.25) is 5.78 Å². The molecule has 130 valence electrons. The fourth-order valence-corrected chi connectivity index (χ4v) is 2.97. The van der Waals surface area contributed by atoms with Crippen molar-refractivity contribution in [1.82, 2.24) is 14.4 Å². The summed E-state index contributed by atoms with van der Waals surface area (Å²) < 4.78 is 12.2. The van der Waals surface area contributed by atoms with Crippen molar-refractivity contribution in [2.75, 3.05) is 14.2 Å². The van der Waals surface area contributed by atoms with Crippen molar-refractivity contribution in [3.8, 4) is 22.8 Å². The Morgan fingerprint density at radius 3 is 2.58 bits per heavy atom. The Morgan fingerprint density at radius 2 is 1.85 bits per heavy atom. The molecule has 0 aliphatic carbocycles. The van der Waals surface area contributed by atoms with Crippen LogP contribution in [0, 0.1) is 0 Å². The average Bonchev–Trinajstić information content (AvgIpc) is 3.05. The molecule has 0 saturated heterocycles. The van der Waals surface area contributed by atoms with E-state index in [2.05, 4.69) is 9.97 Å². The third kappa shape index (κ3) is 2.41. The number of imidazole rings is 1. The predicted octanol–water partition coefficient (Wildman–Crippen LogP) is 3.26. The molecule has 0 aliphatic rings. The van der Waals surface area contributed by atoms with Gasteiger partial charge in [-0.25, -0.2) is 14.8 Å². The van der Waals surface area contributed by atoms with Gasteiger partial charge in [0.25, 0.3) is 0 Å². The Hall–Kier alpha value is -3.61. The number of methoxy groups -OCH3 is 2. The van der Waals surface area contributed by atoms with Crippen LogP contribution in [-0.4, -0.2) is 39.7 Å². The van der Waals surface area contributed by atoms with Crippen LogP contribution in [0.25, 0.3) is 28.1 Å². The molecule has 2 aromatic carbocycles. The van der Waals surface area contributed by atoms with E-state index in [-0.39, 0.29) is 5.69 Å². The van der Waals surface area contributed by atoms with E-state index in [1.807, 2.05) is 24.3 Å². The lowest BCUT2D eigenvalue weighted by Gasteiger charge is -2.11. The number of carboxylic acid groups (broad SMARTS) is 1. The molecule has 0 amide bonds. The number of hydrogen-bond acceptors (Lipinski definition) is 5. The summed E-state index contributed by atoms with van der Waals surface area (Å²) in [6.45, 7) is 0. The molecular weight excluding hydrogens is 334 g/mol. The van der Waals surface area contributed by atoms with E-state index >= 15 is 0 Å². The first-order valence-electron chi connectivity index (χ1n) is 7.86. The number of aromatic carboxylic acids is 1. The van der Waals surface area contributed by atoms with E-state index in [0.717, 1.165) is 0 Å². The molecule has 0 saturated carbocycles. The molecule has 0 spiro atoms. The monoisotopic (exact) mass is 349 g/mol. The Balaban J connectivity index is 2.06. The molecule has 0 aliphatic heterocycles. The van der Waals surface area contributed by atoms with Crippen molar-refractivity contribution in [3.63, 3.8) is 0 Å². The molecule has 2 heterocycles. The normalized spacial score (nSPS) is 11.0. The zero-order valence-corrected chi connectivity index (χ0v) is 14.1. The van der Waals surface area contributed by atoms with Crippen molar-refractivity contribution >= 4 is 22.8 Å². The number of carboxylic acids is 1. The van der Waals surface area contributed by atoms with Crippen LogP contribution in [0.5, 0.6) is 11.5 Å². The predicted molar refractivity (Wildman–Crippen MR) is 96.0 cm³/mol. The van der Waals surface area contributed by atoms with Crippen LogP contribution in [0.4, 0.5) is 0 Å². The highest BCUT2D eigenvalue weighted by molar-refractivity contribution is 5.92. The van der Waals surface area contributed by atoms with E-state index in [1.54, 1.807) is 32.4 Å². The van der Waals surface area contributed by atoms with Crippen LogP contribution in [0.2, 0.25) is 0 Å². The second kappa shape index (κ2) is 6.03. The van der Waals surface area contributed by atoms with E-state index in [1.165, 1.54) is 10.5 Å². The number of fused-ring (bicyclic) bond motifs is 3. The molecule has 0 atom stereocenters. The van der Waals surface area contributed by atoms with Gasteiger partial charge in [-0.05, 0) is 36.4 Å². The Kier molecular flexibility index (Phi) is 3.69. The van der Waals surface area contributed by atoms with Gasteiger partial charge in [0.1, 0.15) is 17.2 Å².